The quantitative estimate of drug-likeness (QED) is 0.762. The summed E-state index contributed by atoms with van der Waals surface area (Å²) in [6, 6.07) is 12.6. The number of anilines is 1. The number of H-pyrrole nitrogens is 1. The zero-order chi connectivity index (χ0) is 14.8. The second kappa shape index (κ2) is 5.57. The molecule has 0 bridgehead atoms. The van der Waals surface area contributed by atoms with Gasteiger partial charge in [0.25, 0.3) is 5.91 Å². The minimum absolute atomic E-state index is 0.214. The van der Waals surface area contributed by atoms with Crippen LogP contribution in [0.1, 0.15) is 10.4 Å². The Hall–Kier alpha value is -2.34. The molecule has 3 rings (SSSR count). The molecule has 3 aromatic rings. The van der Waals surface area contributed by atoms with Crippen LogP contribution in [0.2, 0.25) is 0 Å². The highest BCUT2D eigenvalue weighted by molar-refractivity contribution is 9.10. The highest BCUT2D eigenvalue weighted by Gasteiger charge is 2.09. The number of carbonyl (C=O) groups is 1. The first-order valence-corrected chi connectivity index (χ1v) is 7.06. The molecule has 6 heteroatoms. The van der Waals surface area contributed by atoms with Gasteiger partial charge >= 0.3 is 0 Å². The number of fused-ring (bicyclic) bond motifs is 1. The predicted molar refractivity (Wildman–Crippen MR) is 84.7 cm³/mol. The maximum absolute atomic E-state index is 12.1. The van der Waals surface area contributed by atoms with Crippen molar-refractivity contribution in [3.8, 4) is 5.75 Å². The number of hydrogen-bond donors (Lipinski definition) is 2. The molecule has 0 aliphatic rings. The van der Waals surface area contributed by atoms with Gasteiger partial charge in [0.2, 0.25) is 5.95 Å². The Labute approximate surface area is 129 Å². The van der Waals surface area contributed by atoms with E-state index in [4.69, 9.17) is 4.74 Å². The van der Waals surface area contributed by atoms with Gasteiger partial charge in [-0.05, 0) is 36.4 Å². The largest absolute Gasteiger partial charge is 0.497 e. The Morgan fingerprint density at radius 2 is 2.00 bits per heavy atom. The molecule has 0 spiro atoms. The Morgan fingerprint density at radius 1 is 1.24 bits per heavy atom. The number of nitrogens with zero attached hydrogens (tertiary/aromatic N) is 1. The highest BCUT2D eigenvalue weighted by Crippen LogP contribution is 2.20. The van der Waals surface area contributed by atoms with Gasteiger partial charge in [0.1, 0.15) is 5.75 Å². The molecule has 0 saturated heterocycles. The van der Waals surface area contributed by atoms with Crippen LogP contribution in [-0.2, 0) is 0 Å². The topological polar surface area (TPSA) is 67.0 Å². The number of ether oxygens (including phenoxy) is 1. The minimum Gasteiger partial charge on any atom is -0.497 e. The molecule has 5 nitrogen and oxygen atoms in total. The van der Waals surface area contributed by atoms with E-state index in [0.29, 0.717) is 11.5 Å². The number of aromatic nitrogens is 2. The first-order valence-electron chi connectivity index (χ1n) is 6.26. The summed E-state index contributed by atoms with van der Waals surface area (Å²) in [5.74, 6) is 0.927. The van der Waals surface area contributed by atoms with Gasteiger partial charge in [0.05, 0.1) is 18.1 Å². The molecule has 1 amide bonds. The Balaban J connectivity index is 1.84. The molecule has 0 unspecified atom stereocenters. The van der Waals surface area contributed by atoms with Crippen LogP contribution in [0, 0.1) is 0 Å². The number of rotatable bonds is 3. The van der Waals surface area contributed by atoms with Crippen LogP contribution < -0.4 is 10.1 Å². The van der Waals surface area contributed by atoms with Gasteiger partial charge in [-0.3, -0.25) is 10.1 Å². The molecular formula is C15H12BrN3O2. The maximum atomic E-state index is 12.1. The maximum Gasteiger partial charge on any atom is 0.257 e. The first kappa shape index (κ1) is 13.6. The number of nitrogens with one attached hydrogen (secondary N) is 2. The summed E-state index contributed by atoms with van der Waals surface area (Å²) in [5, 5.41) is 2.74. The van der Waals surface area contributed by atoms with Gasteiger partial charge in [-0.2, -0.15) is 0 Å². The summed E-state index contributed by atoms with van der Waals surface area (Å²) in [6.07, 6.45) is 0. The zero-order valence-corrected chi connectivity index (χ0v) is 12.8. The Morgan fingerprint density at radius 3 is 2.71 bits per heavy atom. The molecule has 0 fully saturated rings. The molecule has 0 saturated carbocycles. The summed E-state index contributed by atoms with van der Waals surface area (Å²) < 4.78 is 6.08. The smallest absolute Gasteiger partial charge is 0.257 e. The molecule has 1 aromatic heterocycles. The molecule has 106 valence electrons. The van der Waals surface area contributed by atoms with E-state index >= 15 is 0 Å². The summed E-state index contributed by atoms with van der Waals surface area (Å²) in [5.41, 5.74) is 2.14. The van der Waals surface area contributed by atoms with E-state index in [1.54, 1.807) is 19.2 Å². The number of imidazole rings is 1. The highest BCUT2D eigenvalue weighted by atomic mass is 79.9. The third kappa shape index (κ3) is 2.90. The fraction of sp³-hybridized carbons (Fsp3) is 0.0667. The number of hydrogen-bond acceptors (Lipinski definition) is 3. The number of halogens is 1. The van der Waals surface area contributed by atoms with Crippen LogP contribution in [0.25, 0.3) is 11.0 Å². The number of carbonyl (C=O) groups excluding carboxylic acids is 1. The van der Waals surface area contributed by atoms with Crippen molar-refractivity contribution in [3.05, 3.63) is 52.5 Å². The van der Waals surface area contributed by atoms with E-state index in [1.165, 1.54) is 0 Å². The van der Waals surface area contributed by atoms with E-state index in [2.05, 4.69) is 31.2 Å². The lowest BCUT2D eigenvalue weighted by atomic mass is 10.2. The van der Waals surface area contributed by atoms with Crippen molar-refractivity contribution >= 4 is 38.8 Å². The summed E-state index contributed by atoms with van der Waals surface area (Å²) in [7, 11) is 1.60. The van der Waals surface area contributed by atoms with Gasteiger partial charge < -0.3 is 9.72 Å². The first-order chi connectivity index (χ1) is 10.2. The lowest BCUT2D eigenvalue weighted by Crippen LogP contribution is -2.12. The van der Waals surface area contributed by atoms with Crippen LogP contribution in [0.4, 0.5) is 5.95 Å². The SMILES string of the molecule is COc1ccc2nc(NC(=O)c3ccc(Br)cc3)[nH]c2c1. The minimum atomic E-state index is -0.214. The molecule has 0 aliphatic heterocycles. The third-order valence-electron chi connectivity index (χ3n) is 3.03. The zero-order valence-electron chi connectivity index (χ0n) is 11.2. The van der Waals surface area contributed by atoms with Crippen LogP contribution in [0.15, 0.2) is 46.9 Å². The van der Waals surface area contributed by atoms with E-state index < -0.39 is 0 Å². The molecular weight excluding hydrogens is 334 g/mol. The monoisotopic (exact) mass is 345 g/mol. The molecule has 2 N–H and O–H groups in total. The Bertz CT molecular complexity index is 796. The summed E-state index contributed by atoms with van der Waals surface area (Å²) in [6.45, 7) is 0. The fourth-order valence-electron chi connectivity index (χ4n) is 1.96. The molecule has 21 heavy (non-hydrogen) atoms. The second-order valence-electron chi connectivity index (χ2n) is 4.43. The molecule has 0 atom stereocenters. The average molecular weight is 346 g/mol. The van der Waals surface area contributed by atoms with Crippen molar-refractivity contribution in [1.82, 2.24) is 9.97 Å². The lowest BCUT2D eigenvalue weighted by molar-refractivity contribution is 0.102. The van der Waals surface area contributed by atoms with Gasteiger partial charge in [-0.25, -0.2) is 4.98 Å². The van der Waals surface area contributed by atoms with Crippen LogP contribution >= 0.6 is 15.9 Å². The number of aromatic amines is 1. The van der Waals surface area contributed by atoms with Gasteiger partial charge in [0.15, 0.2) is 0 Å². The van der Waals surface area contributed by atoms with E-state index in [9.17, 15) is 4.79 Å². The standard InChI is InChI=1S/C15H12BrN3O2/c1-21-11-6-7-12-13(8-11)18-15(17-12)19-14(20)9-2-4-10(16)5-3-9/h2-8H,1H3,(H2,17,18,19,20). The third-order valence-corrected chi connectivity index (χ3v) is 3.56. The number of methoxy groups -OCH3 is 1. The van der Waals surface area contributed by atoms with Crippen molar-refractivity contribution in [1.29, 1.82) is 0 Å². The van der Waals surface area contributed by atoms with Crippen molar-refractivity contribution in [2.75, 3.05) is 12.4 Å². The van der Waals surface area contributed by atoms with Crippen molar-refractivity contribution in [3.63, 3.8) is 0 Å². The normalized spacial score (nSPS) is 10.6. The molecule has 0 aliphatic carbocycles. The van der Waals surface area contributed by atoms with Gasteiger partial charge in [-0.1, -0.05) is 15.9 Å². The van der Waals surface area contributed by atoms with Gasteiger partial charge in [-0.15, -0.1) is 0 Å². The molecule has 1 heterocycles. The van der Waals surface area contributed by atoms with Crippen molar-refractivity contribution in [2.45, 2.75) is 0 Å². The fourth-order valence-corrected chi connectivity index (χ4v) is 2.22. The second-order valence-corrected chi connectivity index (χ2v) is 5.35. The van der Waals surface area contributed by atoms with Crippen LogP contribution in [-0.4, -0.2) is 23.0 Å². The van der Waals surface area contributed by atoms with Crippen LogP contribution in [0.3, 0.4) is 0 Å². The summed E-state index contributed by atoms with van der Waals surface area (Å²) in [4.78, 5) is 19.5. The molecule has 2 aromatic carbocycles. The predicted octanol–water partition coefficient (Wildman–Crippen LogP) is 3.59. The Kier molecular flexibility index (Phi) is 3.62. The van der Waals surface area contributed by atoms with E-state index in [-0.39, 0.29) is 5.91 Å². The number of benzene rings is 2. The summed E-state index contributed by atoms with van der Waals surface area (Å²) >= 11 is 3.34. The lowest BCUT2D eigenvalue weighted by Gasteiger charge is -2.01. The van der Waals surface area contributed by atoms with Crippen molar-refractivity contribution in [2.24, 2.45) is 0 Å². The van der Waals surface area contributed by atoms with E-state index in [0.717, 1.165) is 21.3 Å². The van der Waals surface area contributed by atoms with Crippen LogP contribution in [0.5, 0.6) is 5.75 Å². The van der Waals surface area contributed by atoms with Gasteiger partial charge in [0, 0.05) is 16.1 Å². The van der Waals surface area contributed by atoms with E-state index in [1.807, 2.05) is 30.3 Å². The average Bonchev–Trinajstić information content (AvgIpc) is 2.88. The number of amides is 1. The molecule has 0 radical (unpaired) electrons. The van der Waals surface area contributed by atoms with Crippen molar-refractivity contribution < 1.29 is 9.53 Å².